The molecule has 0 spiro atoms. The molecule has 0 aliphatic rings. The zero-order valence-electron chi connectivity index (χ0n) is 40.0. The number of allylic oxidation sites excluding steroid dienone is 6. The summed E-state index contributed by atoms with van der Waals surface area (Å²) in [6.45, 7) is 6.57. The van der Waals surface area contributed by atoms with Crippen molar-refractivity contribution in [2.75, 3.05) is 13.2 Å². The van der Waals surface area contributed by atoms with Crippen LogP contribution in [0, 0.1) is 0 Å². The molecular formula is C54H98O6. The molecule has 350 valence electrons. The van der Waals surface area contributed by atoms with Gasteiger partial charge < -0.3 is 14.2 Å². The molecule has 60 heavy (non-hydrogen) atoms. The lowest BCUT2D eigenvalue weighted by Crippen LogP contribution is -2.30. The highest BCUT2D eigenvalue weighted by Gasteiger charge is 2.19. The Balaban J connectivity index is 4.34. The fraction of sp³-hybridized carbons (Fsp3) is 0.833. The van der Waals surface area contributed by atoms with Crippen LogP contribution in [0.5, 0.6) is 0 Å². The van der Waals surface area contributed by atoms with Crippen LogP contribution in [-0.4, -0.2) is 37.2 Å². The van der Waals surface area contributed by atoms with Gasteiger partial charge in [0.2, 0.25) is 0 Å². The van der Waals surface area contributed by atoms with E-state index in [-0.39, 0.29) is 31.1 Å². The fourth-order valence-corrected chi connectivity index (χ4v) is 7.38. The molecule has 0 radical (unpaired) electrons. The largest absolute Gasteiger partial charge is 0.462 e. The molecule has 0 saturated carbocycles. The van der Waals surface area contributed by atoms with Crippen LogP contribution in [-0.2, 0) is 28.6 Å². The van der Waals surface area contributed by atoms with Crippen LogP contribution in [0.2, 0.25) is 0 Å². The standard InChI is InChI=1S/C54H98O6/c1-4-7-10-13-16-19-22-24-26-27-29-30-32-35-38-41-44-47-53(56)59-50-51(49-58-52(55)46-43-40-37-34-21-18-15-12-9-6-3)60-54(57)48-45-42-39-36-33-31-28-25-23-20-17-14-11-8-5-2/h12,15,24-26,28,51H,4-11,13-14,16-23,27,29-50H2,1-3H3/b15-12-,26-24-,28-25-. The summed E-state index contributed by atoms with van der Waals surface area (Å²) in [7, 11) is 0. The van der Waals surface area contributed by atoms with E-state index in [0.29, 0.717) is 19.3 Å². The Hall–Kier alpha value is -2.37. The van der Waals surface area contributed by atoms with Crippen molar-refractivity contribution >= 4 is 17.9 Å². The van der Waals surface area contributed by atoms with Gasteiger partial charge in [0.15, 0.2) is 6.10 Å². The first-order valence-corrected chi connectivity index (χ1v) is 26.0. The van der Waals surface area contributed by atoms with Gasteiger partial charge in [0, 0.05) is 19.3 Å². The van der Waals surface area contributed by atoms with Crippen molar-refractivity contribution in [3.05, 3.63) is 36.5 Å². The Morgan fingerprint density at radius 2 is 0.583 bits per heavy atom. The molecule has 1 unspecified atom stereocenters. The number of carbonyl (C=O) groups excluding carboxylic acids is 3. The SMILES string of the molecule is CCC/C=C\CCCCCCCC(=O)OCC(COC(=O)CCCCCCCCC/C=C\CCCCCCCC)OC(=O)CCCCCCC/C=C\CCCCCCCC. The highest BCUT2D eigenvalue weighted by molar-refractivity contribution is 5.71. The smallest absolute Gasteiger partial charge is 0.306 e. The molecule has 0 saturated heterocycles. The summed E-state index contributed by atoms with van der Waals surface area (Å²) < 4.78 is 16.8. The van der Waals surface area contributed by atoms with Gasteiger partial charge in [-0.2, -0.15) is 0 Å². The second-order valence-electron chi connectivity index (χ2n) is 17.4. The van der Waals surface area contributed by atoms with E-state index in [1.807, 2.05) is 0 Å². The molecule has 0 N–H and O–H groups in total. The van der Waals surface area contributed by atoms with Crippen LogP contribution < -0.4 is 0 Å². The summed E-state index contributed by atoms with van der Waals surface area (Å²) >= 11 is 0. The number of carbonyl (C=O) groups is 3. The van der Waals surface area contributed by atoms with Crippen molar-refractivity contribution in [3.63, 3.8) is 0 Å². The highest BCUT2D eigenvalue weighted by atomic mass is 16.6. The van der Waals surface area contributed by atoms with Crippen LogP contribution >= 0.6 is 0 Å². The van der Waals surface area contributed by atoms with Gasteiger partial charge in [-0.1, -0.05) is 198 Å². The van der Waals surface area contributed by atoms with Gasteiger partial charge >= 0.3 is 17.9 Å². The van der Waals surface area contributed by atoms with Crippen LogP contribution in [0.15, 0.2) is 36.5 Å². The summed E-state index contributed by atoms with van der Waals surface area (Å²) in [5.74, 6) is -0.895. The molecule has 0 aromatic rings. The summed E-state index contributed by atoms with van der Waals surface area (Å²) in [6, 6.07) is 0. The van der Waals surface area contributed by atoms with E-state index in [0.717, 1.165) is 77.0 Å². The minimum Gasteiger partial charge on any atom is -0.462 e. The van der Waals surface area contributed by atoms with E-state index < -0.39 is 6.10 Å². The molecule has 0 rings (SSSR count). The third-order valence-corrected chi connectivity index (χ3v) is 11.3. The number of unbranched alkanes of at least 4 members (excludes halogenated alkanes) is 30. The van der Waals surface area contributed by atoms with Gasteiger partial charge in [0.1, 0.15) is 13.2 Å². The normalized spacial score (nSPS) is 12.2. The molecule has 0 aromatic heterocycles. The van der Waals surface area contributed by atoms with E-state index in [2.05, 4.69) is 57.2 Å². The Labute approximate surface area is 372 Å². The molecule has 0 aliphatic heterocycles. The maximum absolute atomic E-state index is 12.8. The Kier molecular flexibility index (Phi) is 47.3. The lowest BCUT2D eigenvalue weighted by Gasteiger charge is -2.18. The molecule has 1 atom stereocenters. The highest BCUT2D eigenvalue weighted by Crippen LogP contribution is 2.15. The van der Waals surface area contributed by atoms with Crippen LogP contribution in [0.3, 0.4) is 0 Å². The monoisotopic (exact) mass is 843 g/mol. The van der Waals surface area contributed by atoms with Gasteiger partial charge in [0.05, 0.1) is 0 Å². The summed E-state index contributed by atoms with van der Waals surface area (Å²) in [6.07, 6.45) is 57.0. The molecule has 0 aromatic carbocycles. The quantitative estimate of drug-likeness (QED) is 0.0263. The van der Waals surface area contributed by atoms with Crippen LogP contribution in [0.1, 0.15) is 271 Å². The fourth-order valence-electron chi connectivity index (χ4n) is 7.38. The van der Waals surface area contributed by atoms with E-state index >= 15 is 0 Å². The predicted molar refractivity (Wildman–Crippen MR) is 256 cm³/mol. The third kappa shape index (κ3) is 46.7. The van der Waals surface area contributed by atoms with Gasteiger partial charge in [-0.3, -0.25) is 14.4 Å². The molecule has 0 bridgehead atoms. The maximum atomic E-state index is 12.8. The first-order valence-electron chi connectivity index (χ1n) is 26.0. The second-order valence-corrected chi connectivity index (χ2v) is 17.4. The van der Waals surface area contributed by atoms with Gasteiger partial charge in [-0.15, -0.1) is 0 Å². The van der Waals surface area contributed by atoms with Gasteiger partial charge in [-0.05, 0) is 89.9 Å². The molecule has 6 nitrogen and oxygen atoms in total. The van der Waals surface area contributed by atoms with Crippen LogP contribution in [0.25, 0.3) is 0 Å². The number of rotatable bonds is 47. The lowest BCUT2D eigenvalue weighted by atomic mass is 10.1. The van der Waals surface area contributed by atoms with E-state index in [9.17, 15) is 14.4 Å². The molecular weight excluding hydrogens is 745 g/mol. The Bertz CT molecular complexity index is 1020. The molecule has 0 aliphatic carbocycles. The summed E-state index contributed by atoms with van der Waals surface area (Å²) in [5, 5.41) is 0. The number of hydrogen-bond acceptors (Lipinski definition) is 6. The van der Waals surface area contributed by atoms with Crippen molar-refractivity contribution in [3.8, 4) is 0 Å². The average molecular weight is 843 g/mol. The molecule has 0 fully saturated rings. The predicted octanol–water partition coefficient (Wildman–Crippen LogP) is 16.9. The lowest BCUT2D eigenvalue weighted by molar-refractivity contribution is -0.167. The average Bonchev–Trinajstić information content (AvgIpc) is 3.24. The van der Waals surface area contributed by atoms with Crippen molar-refractivity contribution in [1.82, 2.24) is 0 Å². The van der Waals surface area contributed by atoms with Crippen molar-refractivity contribution in [1.29, 1.82) is 0 Å². The number of hydrogen-bond donors (Lipinski definition) is 0. The maximum Gasteiger partial charge on any atom is 0.306 e. The zero-order valence-corrected chi connectivity index (χ0v) is 40.0. The molecule has 0 heterocycles. The van der Waals surface area contributed by atoms with Crippen molar-refractivity contribution in [2.45, 2.75) is 277 Å². The third-order valence-electron chi connectivity index (χ3n) is 11.3. The minimum absolute atomic E-state index is 0.0790. The second kappa shape index (κ2) is 49.3. The Morgan fingerprint density at radius 3 is 0.900 bits per heavy atom. The van der Waals surface area contributed by atoms with E-state index in [1.54, 1.807) is 0 Å². The topological polar surface area (TPSA) is 78.9 Å². The number of ether oxygens (including phenoxy) is 3. The van der Waals surface area contributed by atoms with E-state index in [4.69, 9.17) is 14.2 Å². The zero-order chi connectivity index (χ0) is 43.7. The van der Waals surface area contributed by atoms with Crippen molar-refractivity contribution in [2.24, 2.45) is 0 Å². The number of esters is 3. The van der Waals surface area contributed by atoms with Crippen molar-refractivity contribution < 1.29 is 28.6 Å². The Morgan fingerprint density at radius 1 is 0.317 bits per heavy atom. The minimum atomic E-state index is -0.778. The summed E-state index contributed by atoms with van der Waals surface area (Å²) in [4.78, 5) is 37.9. The summed E-state index contributed by atoms with van der Waals surface area (Å²) in [5.41, 5.74) is 0. The first-order chi connectivity index (χ1) is 29.5. The van der Waals surface area contributed by atoms with Crippen LogP contribution in [0.4, 0.5) is 0 Å². The molecule has 6 heteroatoms. The van der Waals surface area contributed by atoms with Gasteiger partial charge in [-0.25, -0.2) is 0 Å². The first kappa shape index (κ1) is 57.6. The molecule has 0 amide bonds. The van der Waals surface area contributed by atoms with E-state index in [1.165, 1.54) is 154 Å². The van der Waals surface area contributed by atoms with Gasteiger partial charge in [0.25, 0.3) is 0 Å².